The van der Waals surface area contributed by atoms with Crippen molar-refractivity contribution in [1.82, 2.24) is 10.2 Å². The molecule has 1 aliphatic heterocycles. The van der Waals surface area contributed by atoms with Crippen molar-refractivity contribution in [2.24, 2.45) is 23.5 Å². The fourth-order valence-electron chi connectivity index (χ4n) is 6.33. The van der Waals surface area contributed by atoms with Gasteiger partial charge >= 0.3 is 0 Å². The summed E-state index contributed by atoms with van der Waals surface area (Å²) < 4.78 is 13.7. The van der Waals surface area contributed by atoms with Crippen molar-refractivity contribution < 1.29 is 18.8 Å². The smallest absolute Gasteiger partial charge is 0.245 e. The average molecular weight is 570 g/mol. The van der Waals surface area contributed by atoms with E-state index >= 15 is 0 Å². The van der Waals surface area contributed by atoms with Crippen molar-refractivity contribution in [3.05, 3.63) is 58.9 Å². The lowest BCUT2D eigenvalue weighted by Gasteiger charge is -2.29. The van der Waals surface area contributed by atoms with Gasteiger partial charge in [0.05, 0.1) is 5.02 Å². The number of amides is 3. The number of hydrogen-bond donors (Lipinski definition) is 2. The van der Waals surface area contributed by atoms with Gasteiger partial charge in [0, 0.05) is 24.9 Å². The number of benzene rings is 2. The standard InChI is InChI=1S/C32H41ClFN3O3/c1-2-8-25(30(35)38)26(18-21-9-3-4-10-21)31(39)36-29-13-5-6-16-37(32(29)40)20-22-11-7-12-23(17-22)24-14-15-28(34)27(33)19-24/h7,11-12,14-15,17,19,21,25-26,29H,2-6,8-10,13,16,18,20H2,1H3,(H2,35,38)(H,36,39)/t25-,26+,29-/m0/s1. The van der Waals surface area contributed by atoms with E-state index in [4.69, 9.17) is 17.3 Å². The summed E-state index contributed by atoms with van der Waals surface area (Å²) in [5.74, 6) is -1.84. The second kappa shape index (κ2) is 14.1. The molecule has 1 aliphatic carbocycles. The Morgan fingerprint density at radius 3 is 2.48 bits per heavy atom. The van der Waals surface area contributed by atoms with Gasteiger partial charge in [-0.25, -0.2) is 4.39 Å². The van der Waals surface area contributed by atoms with E-state index in [0.717, 1.165) is 61.6 Å². The predicted molar refractivity (Wildman–Crippen MR) is 156 cm³/mol. The molecule has 1 saturated carbocycles. The summed E-state index contributed by atoms with van der Waals surface area (Å²) in [6, 6.07) is 11.8. The first-order chi connectivity index (χ1) is 19.3. The van der Waals surface area contributed by atoms with E-state index in [1.165, 1.54) is 6.07 Å². The zero-order valence-corrected chi connectivity index (χ0v) is 24.1. The van der Waals surface area contributed by atoms with Crippen molar-refractivity contribution >= 4 is 29.3 Å². The highest BCUT2D eigenvalue weighted by molar-refractivity contribution is 6.31. The highest BCUT2D eigenvalue weighted by Crippen LogP contribution is 2.34. The van der Waals surface area contributed by atoms with Crippen molar-refractivity contribution in [3.63, 3.8) is 0 Å². The van der Waals surface area contributed by atoms with Gasteiger partial charge in [-0.3, -0.25) is 14.4 Å². The molecule has 0 aromatic heterocycles. The molecular formula is C32H41ClFN3O3. The van der Waals surface area contributed by atoms with Gasteiger partial charge in [-0.2, -0.15) is 0 Å². The minimum Gasteiger partial charge on any atom is -0.369 e. The van der Waals surface area contributed by atoms with Crippen LogP contribution in [0.4, 0.5) is 4.39 Å². The third kappa shape index (κ3) is 7.62. The zero-order chi connectivity index (χ0) is 28.6. The fourth-order valence-corrected chi connectivity index (χ4v) is 6.51. The van der Waals surface area contributed by atoms with Crippen LogP contribution in [-0.4, -0.2) is 35.2 Å². The molecule has 1 heterocycles. The monoisotopic (exact) mass is 569 g/mol. The number of halogens is 2. The van der Waals surface area contributed by atoms with E-state index in [9.17, 15) is 18.8 Å². The maximum Gasteiger partial charge on any atom is 0.245 e. The Hall–Kier alpha value is -2.93. The van der Waals surface area contributed by atoms with E-state index in [1.54, 1.807) is 17.0 Å². The predicted octanol–water partition coefficient (Wildman–Crippen LogP) is 6.24. The van der Waals surface area contributed by atoms with Crippen LogP contribution in [0.5, 0.6) is 0 Å². The number of carbonyl (C=O) groups is 3. The Kier molecular flexibility index (Phi) is 10.6. The molecule has 4 rings (SSSR count). The molecule has 2 aliphatic rings. The molecule has 3 N–H and O–H groups in total. The highest BCUT2D eigenvalue weighted by atomic mass is 35.5. The average Bonchev–Trinajstić information content (AvgIpc) is 3.40. The van der Waals surface area contributed by atoms with Crippen LogP contribution >= 0.6 is 11.6 Å². The van der Waals surface area contributed by atoms with Crippen LogP contribution in [0, 0.1) is 23.6 Å². The van der Waals surface area contributed by atoms with Crippen LogP contribution in [0.15, 0.2) is 42.5 Å². The van der Waals surface area contributed by atoms with Crippen molar-refractivity contribution in [2.45, 2.75) is 83.7 Å². The number of carbonyl (C=O) groups excluding carboxylic acids is 3. The van der Waals surface area contributed by atoms with Crippen LogP contribution in [0.3, 0.4) is 0 Å². The lowest BCUT2D eigenvalue weighted by Crippen LogP contribution is -2.50. The highest BCUT2D eigenvalue weighted by Gasteiger charge is 2.37. The number of rotatable bonds is 11. The van der Waals surface area contributed by atoms with Crippen LogP contribution in [0.1, 0.15) is 76.7 Å². The second-order valence-electron chi connectivity index (χ2n) is 11.4. The molecule has 216 valence electrons. The molecule has 3 atom stereocenters. The zero-order valence-electron chi connectivity index (χ0n) is 23.3. The molecule has 2 fully saturated rings. The first-order valence-electron chi connectivity index (χ1n) is 14.7. The van der Waals surface area contributed by atoms with Gasteiger partial charge in [0.1, 0.15) is 11.9 Å². The summed E-state index contributed by atoms with van der Waals surface area (Å²) in [5, 5.41) is 3.12. The van der Waals surface area contributed by atoms with Gasteiger partial charge in [0.2, 0.25) is 17.7 Å². The third-order valence-electron chi connectivity index (χ3n) is 8.50. The summed E-state index contributed by atoms with van der Waals surface area (Å²) in [6.07, 6.45) is 8.66. The number of hydrogen-bond acceptors (Lipinski definition) is 3. The van der Waals surface area contributed by atoms with Crippen LogP contribution < -0.4 is 11.1 Å². The molecule has 3 amide bonds. The first-order valence-corrected chi connectivity index (χ1v) is 15.1. The van der Waals surface area contributed by atoms with Gasteiger partial charge < -0.3 is 16.0 Å². The van der Waals surface area contributed by atoms with Gasteiger partial charge in [0.15, 0.2) is 0 Å². The minimum atomic E-state index is -0.629. The molecular weight excluding hydrogens is 529 g/mol. The Balaban J connectivity index is 1.48. The summed E-state index contributed by atoms with van der Waals surface area (Å²) in [6.45, 7) is 3.00. The molecule has 40 heavy (non-hydrogen) atoms. The topological polar surface area (TPSA) is 92.5 Å². The van der Waals surface area contributed by atoms with Gasteiger partial charge in [-0.15, -0.1) is 0 Å². The molecule has 2 aromatic carbocycles. The van der Waals surface area contributed by atoms with E-state index in [1.807, 2.05) is 31.2 Å². The SMILES string of the molecule is CCC[C@H](C(N)=O)[C@@H](CC1CCCC1)C(=O)N[C@H]1CCCCN(Cc2cccc(-c3ccc(F)c(Cl)c3)c2)C1=O. The molecule has 0 spiro atoms. The Bertz CT molecular complexity index is 1200. The molecule has 0 radical (unpaired) electrons. The molecule has 1 saturated heterocycles. The number of primary amides is 1. The van der Waals surface area contributed by atoms with Crippen molar-refractivity contribution in [1.29, 1.82) is 0 Å². The summed E-state index contributed by atoms with van der Waals surface area (Å²) in [7, 11) is 0. The minimum absolute atomic E-state index is 0.0629. The summed E-state index contributed by atoms with van der Waals surface area (Å²) in [5.41, 5.74) is 8.40. The Morgan fingerprint density at radius 2 is 1.77 bits per heavy atom. The summed E-state index contributed by atoms with van der Waals surface area (Å²) in [4.78, 5) is 41.5. The fraction of sp³-hybridized carbons (Fsp3) is 0.531. The molecule has 0 bridgehead atoms. The van der Waals surface area contributed by atoms with Crippen LogP contribution in [-0.2, 0) is 20.9 Å². The molecule has 6 nitrogen and oxygen atoms in total. The quantitative estimate of drug-likeness (QED) is 0.335. The van der Waals surface area contributed by atoms with Crippen LogP contribution in [0.25, 0.3) is 11.1 Å². The van der Waals surface area contributed by atoms with Gasteiger partial charge in [-0.05, 0) is 72.9 Å². The number of nitrogens with two attached hydrogens (primary N) is 1. The largest absolute Gasteiger partial charge is 0.369 e. The molecule has 8 heteroatoms. The number of nitrogens with one attached hydrogen (secondary N) is 1. The number of nitrogens with zero attached hydrogens (tertiary/aromatic N) is 1. The maximum atomic E-state index is 13.7. The molecule has 2 aromatic rings. The van der Waals surface area contributed by atoms with E-state index < -0.39 is 29.6 Å². The van der Waals surface area contributed by atoms with Crippen molar-refractivity contribution in [2.75, 3.05) is 6.54 Å². The maximum absolute atomic E-state index is 13.7. The van der Waals surface area contributed by atoms with Gasteiger partial charge in [-0.1, -0.05) is 74.9 Å². The van der Waals surface area contributed by atoms with E-state index in [2.05, 4.69) is 5.32 Å². The Morgan fingerprint density at radius 1 is 1.05 bits per heavy atom. The van der Waals surface area contributed by atoms with E-state index in [0.29, 0.717) is 38.3 Å². The van der Waals surface area contributed by atoms with Crippen LogP contribution in [0.2, 0.25) is 5.02 Å². The molecule has 0 unspecified atom stereocenters. The normalized spacial score (nSPS) is 19.7. The van der Waals surface area contributed by atoms with E-state index in [-0.39, 0.29) is 16.8 Å². The van der Waals surface area contributed by atoms with Gasteiger partial charge in [0.25, 0.3) is 0 Å². The summed E-state index contributed by atoms with van der Waals surface area (Å²) >= 11 is 5.99. The lowest BCUT2D eigenvalue weighted by molar-refractivity contribution is -0.139. The first kappa shape index (κ1) is 30.0. The Labute approximate surface area is 241 Å². The van der Waals surface area contributed by atoms with Crippen molar-refractivity contribution in [3.8, 4) is 11.1 Å². The third-order valence-corrected chi connectivity index (χ3v) is 8.79. The lowest BCUT2D eigenvalue weighted by atomic mass is 9.80. The second-order valence-corrected chi connectivity index (χ2v) is 11.8. The number of likely N-dealkylation sites (tertiary alicyclic amines) is 1.